The van der Waals surface area contributed by atoms with Crippen LogP contribution in [0.5, 0.6) is 5.75 Å². The maximum atomic E-state index is 12.5. The number of carbonyl (C=O) groups is 1. The van der Waals surface area contributed by atoms with Crippen LogP contribution in [0.15, 0.2) is 48.5 Å². The Morgan fingerprint density at radius 2 is 1.83 bits per heavy atom. The molecule has 0 bridgehead atoms. The maximum Gasteiger partial charge on any atom is 0.267 e. The van der Waals surface area contributed by atoms with E-state index in [2.05, 4.69) is 5.32 Å². The first-order valence-corrected chi connectivity index (χ1v) is 9.31. The fraction of sp³-hybridized carbons (Fsp3) is 0.235. The molecule has 1 amide bonds. The highest BCUT2D eigenvalue weighted by Crippen LogP contribution is 2.34. The second kappa shape index (κ2) is 6.16. The first-order valence-electron chi connectivity index (χ1n) is 7.46. The standard InChI is InChI=1S/C17H18N2O4S/c1-12-7-3-4-8-13(12)18-17(20)16-11-19(24(2,21)22)14-9-5-6-10-15(14)23-16/h3-10,16H,11H2,1-2H3,(H,18,20)/t16-/m0/s1. The summed E-state index contributed by atoms with van der Waals surface area (Å²) in [6, 6.07) is 14.2. The number of nitrogens with zero attached hydrogens (tertiary/aromatic N) is 1. The Kier molecular flexibility index (Phi) is 4.19. The number of nitrogens with one attached hydrogen (secondary N) is 1. The van der Waals surface area contributed by atoms with Crippen LogP contribution in [0.25, 0.3) is 0 Å². The molecule has 7 heteroatoms. The minimum absolute atomic E-state index is 0.0619. The van der Waals surface area contributed by atoms with Crippen LogP contribution < -0.4 is 14.4 Å². The smallest absolute Gasteiger partial charge is 0.267 e. The lowest BCUT2D eigenvalue weighted by molar-refractivity contribution is -0.122. The number of hydrogen-bond acceptors (Lipinski definition) is 4. The lowest BCUT2D eigenvalue weighted by Gasteiger charge is -2.33. The van der Waals surface area contributed by atoms with Crippen molar-refractivity contribution < 1.29 is 17.9 Å². The van der Waals surface area contributed by atoms with E-state index < -0.39 is 16.1 Å². The van der Waals surface area contributed by atoms with E-state index in [-0.39, 0.29) is 12.5 Å². The molecule has 2 aromatic carbocycles. The Morgan fingerprint density at radius 1 is 1.17 bits per heavy atom. The van der Waals surface area contributed by atoms with Gasteiger partial charge in [0.2, 0.25) is 10.0 Å². The fourth-order valence-electron chi connectivity index (χ4n) is 2.58. The van der Waals surface area contributed by atoms with Crippen LogP contribution in [0.1, 0.15) is 5.56 Å². The molecule has 0 fully saturated rings. The van der Waals surface area contributed by atoms with Gasteiger partial charge in [0.05, 0.1) is 18.5 Å². The average Bonchev–Trinajstić information content (AvgIpc) is 2.55. The second-order valence-corrected chi connectivity index (χ2v) is 7.58. The summed E-state index contributed by atoms with van der Waals surface area (Å²) in [5.41, 5.74) is 2.04. The van der Waals surface area contributed by atoms with Crippen molar-refractivity contribution in [1.29, 1.82) is 0 Å². The number of sulfonamides is 1. The Balaban J connectivity index is 1.88. The van der Waals surface area contributed by atoms with Crippen LogP contribution in [0, 0.1) is 6.92 Å². The van der Waals surface area contributed by atoms with E-state index in [1.165, 1.54) is 4.31 Å². The van der Waals surface area contributed by atoms with Crippen molar-refractivity contribution in [2.45, 2.75) is 13.0 Å². The van der Waals surface area contributed by atoms with Crippen molar-refractivity contribution >= 4 is 27.3 Å². The summed E-state index contributed by atoms with van der Waals surface area (Å²) < 4.78 is 31.1. The van der Waals surface area contributed by atoms with E-state index in [0.29, 0.717) is 17.1 Å². The Hall–Kier alpha value is -2.54. The molecule has 1 aliphatic rings. The van der Waals surface area contributed by atoms with Gasteiger partial charge in [-0.15, -0.1) is 0 Å². The highest BCUT2D eigenvalue weighted by atomic mass is 32.2. The molecule has 1 heterocycles. The number of benzene rings is 2. The lowest BCUT2D eigenvalue weighted by Crippen LogP contribution is -2.48. The molecular formula is C17H18N2O4S. The van der Waals surface area contributed by atoms with E-state index >= 15 is 0 Å². The number of amides is 1. The van der Waals surface area contributed by atoms with Gasteiger partial charge in [-0.1, -0.05) is 30.3 Å². The van der Waals surface area contributed by atoms with Gasteiger partial charge in [-0.25, -0.2) is 8.42 Å². The Morgan fingerprint density at radius 3 is 2.54 bits per heavy atom. The van der Waals surface area contributed by atoms with Crippen LogP contribution in [0.2, 0.25) is 0 Å². The normalized spacial score (nSPS) is 16.9. The topological polar surface area (TPSA) is 75.7 Å². The van der Waals surface area contributed by atoms with Crippen LogP contribution in [0.4, 0.5) is 11.4 Å². The van der Waals surface area contributed by atoms with E-state index in [9.17, 15) is 13.2 Å². The first kappa shape index (κ1) is 16.3. The van der Waals surface area contributed by atoms with Gasteiger partial charge in [0.15, 0.2) is 6.10 Å². The molecule has 24 heavy (non-hydrogen) atoms. The Labute approximate surface area is 141 Å². The number of anilines is 2. The van der Waals surface area contributed by atoms with Gasteiger partial charge < -0.3 is 10.1 Å². The van der Waals surface area contributed by atoms with Gasteiger partial charge in [0.1, 0.15) is 5.75 Å². The van der Waals surface area contributed by atoms with Crippen LogP contribution >= 0.6 is 0 Å². The van der Waals surface area contributed by atoms with Crippen molar-refractivity contribution in [2.24, 2.45) is 0 Å². The summed E-state index contributed by atoms with van der Waals surface area (Å²) in [5, 5.41) is 2.80. The van der Waals surface area contributed by atoms with E-state index in [1.54, 1.807) is 30.3 Å². The van der Waals surface area contributed by atoms with E-state index in [1.807, 2.05) is 25.1 Å². The van der Waals surface area contributed by atoms with Crippen LogP contribution in [-0.2, 0) is 14.8 Å². The average molecular weight is 346 g/mol. The van der Waals surface area contributed by atoms with Crippen molar-refractivity contribution in [1.82, 2.24) is 0 Å². The van der Waals surface area contributed by atoms with Crippen molar-refractivity contribution in [3.8, 4) is 5.75 Å². The third-order valence-corrected chi connectivity index (χ3v) is 4.98. The van der Waals surface area contributed by atoms with E-state index in [4.69, 9.17) is 4.74 Å². The van der Waals surface area contributed by atoms with Gasteiger partial charge in [-0.3, -0.25) is 9.10 Å². The van der Waals surface area contributed by atoms with Crippen LogP contribution in [0.3, 0.4) is 0 Å². The molecule has 0 unspecified atom stereocenters. The minimum atomic E-state index is -3.51. The molecule has 0 aromatic heterocycles. The summed E-state index contributed by atoms with van der Waals surface area (Å²) in [4.78, 5) is 12.5. The molecule has 2 aromatic rings. The van der Waals surface area contributed by atoms with Crippen molar-refractivity contribution in [3.05, 3.63) is 54.1 Å². The first-order chi connectivity index (χ1) is 11.4. The molecular weight excluding hydrogens is 328 g/mol. The quantitative estimate of drug-likeness (QED) is 0.924. The molecule has 1 N–H and O–H groups in total. The molecule has 3 rings (SSSR count). The number of fused-ring (bicyclic) bond motifs is 1. The van der Waals surface area contributed by atoms with Crippen molar-refractivity contribution in [2.75, 3.05) is 22.4 Å². The molecule has 0 spiro atoms. The SMILES string of the molecule is Cc1ccccc1NC(=O)[C@@H]1CN(S(C)(=O)=O)c2ccccc2O1. The number of hydrogen-bond donors (Lipinski definition) is 1. The maximum absolute atomic E-state index is 12.5. The molecule has 0 aliphatic carbocycles. The molecule has 0 saturated carbocycles. The third-order valence-electron chi connectivity index (χ3n) is 3.83. The lowest BCUT2D eigenvalue weighted by atomic mass is 10.2. The summed E-state index contributed by atoms with van der Waals surface area (Å²) >= 11 is 0. The fourth-order valence-corrected chi connectivity index (χ4v) is 3.49. The Bertz CT molecular complexity index is 880. The molecule has 1 atom stereocenters. The third kappa shape index (κ3) is 3.21. The highest BCUT2D eigenvalue weighted by Gasteiger charge is 2.34. The predicted octanol–water partition coefficient (Wildman–Crippen LogP) is 2.16. The molecule has 0 radical (unpaired) electrons. The van der Waals surface area contributed by atoms with Crippen LogP contribution in [-0.4, -0.2) is 33.2 Å². The summed E-state index contributed by atoms with van der Waals surface area (Å²) in [5.74, 6) is -0.00781. The van der Waals surface area contributed by atoms with Gasteiger partial charge in [-0.05, 0) is 30.7 Å². The zero-order chi connectivity index (χ0) is 17.3. The number of para-hydroxylation sites is 3. The minimum Gasteiger partial charge on any atom is -0.476 e. The predicted molar refractivity (Wildman–Crippen MR) is 92.9 cm³/mol. The number of rotatable bonds is 3. The molecule has 1 aliphatic heterocycles. The molecule has 0 saturated heterocycles. The largest absolute Gasteiger partial charge is 0.476 e. The van der Waals surface area contributed by atoms with Crippen molar-refractivity contribution in [3.63, 3.8) is 0 Å². The highest BCUT2D eigenvalue weighted by molar-refractivity contribution is 7.92. The number of ether oxygens (including phenoxy) is 1. The summed E-state index contributed by atoms with van der Waals surface area (Å²) in [6.45, 7) is 1.82. The second-order valence-electron chi connectivity index (χ2n) is 5.67. The molecule has 126 valence electrons. The van der Waals surface area contributed by atoms with E-state index in [0.717, 1.165) is 11.8 Å². The van der Waals surface area contributed by atoms with Gasteiger partial charge >= 0.3 is 0 Å². The van der Waals surface area contributed by atoms with Gasteiger partial charge in [0, 0.05) is 5.69 Å². The monoisotopic (exact) mass is 346 g/mol. The van der Waals surface area contributed by atoms with Gasteiger partial charge in [-0.2, -0.15) is 0 Å². The zero-order valence-corrected chi connectivity index (χ0v) is 14.2. The molecule has 6 nitrogen and oxygen atoms in total. The number of aryl methyl sites for hydroxylation is 1. The summed E-state index contributed by atoms with van der Waals surface area (Å²) in [7, 11) is -3.51. The van der Waals surface area contributed by atoms with Gasteiger partial charge in [0.25, 0.3) is 5.91 Å². The number of carbonyl (C=O) groups excluding carboxylic acids is 1. The zero-order valence-electron chi connectivity index (χ0n) is 13.4. The summed E-state index contributed by atoms with van der Waals surface area (Å²) in [6.07, 6.45) is 0.194.